The van der Waals surface area contributed by atoms with Crippen LogP contribution < -0.4 is 0 Å². The smallest absolute Gasteiger partial charge is 0.222 e. The van der Waals surface area contributed by atoms with Gasteiger partial charge in [-0.05, 0) is 36.1 Å². The highest BCUT2D eigenvalue weighted by Crippen LogP contribution is 2.30. The molecular formula is C13H21Cl2N5OS. The molecule has 9 heteroatoms. The van der Waals surface area contributed by atoms with Crippen molar-refractivity contribution in [3.63, 3.8) is 0 Å². The Balaban J connectivity index is 1.69. The molecule has 3 atom stereocenters. The van der Waals surface area contributed by atoms with E-state index in [0.717, 1.165) is 36.6 Å². The van der Waals surface area contributed by atoms with Crippen LogP contribution in [0.4, 0.5) is 0 Å². The van der Waals surface area contributed by atoms with Crippen LogP contribution in [-0.2, 0) is 11.8 Å². The van der Waals surface area contributed by atoms with Crippen molar-refractivity contribution in [1.82, 2.24) is 25.1 Å². The van der Waals surface area contributed by atoms with Crippen molar-refractivity contribution in [3.05, 3.63) is 0 Å². The van der Waals surface area contributed by atoms with Crippen molar-refractivity contribution in [1.29, 1.82) is 0 Å². The Labute approximate surface area is 144 Å². The van der Waals surface area contributed by atoms with Crippen LogP contribution >= 0.6 is 35.0 Å². The van der Waals surface area contributed by atoms with Gasteiger partial charge in [0.15, 0.2) is 0 Å². The average molecular weight is 366 g/mol. The molecule has 3 unspecified atom stereocenters. The van der Waals surface area contributed by atoms with E-state index in [-0.39, 0.29) is 22.7 Å². The number of hydrogen-bond donors (Lipinski definition) is 0. The topological polar surface area (TPSA) is 63.9 Å². The van der Waals surface area contributed by atoms with Crippen LogP contribution in [-0.4, -0.2) is 60.6 Å². The van der Waals surface area contributed by atoms with E-state index in [1.54, 1.807) is 23.5 Å². The molecule has 124 valence electrons. The first-order chi connectivity index (χ1) is 10.5. The maximum Gasteiger partial charge on any atom is 0.222 e. The second-order valence-corrected chi connectivity index (χ2v) is 7.72. The Morgan fingerprint density at radius 2 is 2.18 bits per heavy atom. The van der Waals surface area contributed by atoms with Crippen LogP contribution in [0.5, 0.6) is 0 Å². The number of thioether (sulfide) groups is 1. The standard InChI is InChI=1S/C13H21Cl2N5OS/c1-19(9-5-6-10(14)11(15)8-9)12(21)4-3-7-22-13-16-17-18-20(13)2/h9-11H,3-8H2,1-2H3. The van der Waals surface area contributed by atoms with Gasteiger partial charge in [0.25, 0.3) is 0 Å². The summed E-state index contributed by atoms with van der Waals surface area (Å²) in [6.45, 7) is 0. The molecule has 0 saturated heterocycles. The summed E-state index contributed by atoms with van der Waals surface area (Å²) >= 11 is 13.9. The summed E-state index contributed by atoms with van der Waals surface area (Å²) in [5.41, 5.74) is 0. The molecule has 1 aromatic rings. The molecule has 1 fully saturated rings. The third kappa shape index (κ3) is 4.73. The van der Waals surface area contributed by atoms with Crippen molar-refractivity contribution in [2.45, 2.75) is 54.1 Å². The van der Waals surface area contributed by atoms with Crippen LogP contribution in [0.2, 0.25) is 0 Å². The van der Waals surface area contributed by atoms with Gasteiger partial charge in [0.2, 0.25) is 11.1 Å². The largest absolute Gasteiger partial charge is 0.343 e. The van der Waals surface area contributed by atoms with E-state index in [1.807, 2.05) is 11.9 Å². The van der Waals surface area contributed by atoms with Gasteiger partial charge in [-0.25, -0.2) is 4.68 Å². The van der Waals surface area contributed by atoms with E-state index in [2.05, 4.69) is 15.5 Å². The molecule has 2 rings (SSSR count). The van der Waals surface area contributed by atoms with Gasteiger partial charge in [-0.15, -0.1) is 28.3 Å². The minimum atomic E-state index is -0.0466. The van der Waals surface area contributed by atoms with Crippen LogP contribution in [0.25, 0.3) is 0 Å². The Morgan fingerprint density at radius 3 is 2.82 bits per heavy atom. The van der Waals surface area contributed by atoms with Gasteiger partial charge in [-0.3, -0.25) is 4.79 Å². The molecule has 0 N–H and O–H groups in total. The number of rotatable bonds is 6. The summed E-state index contributed by atoms with van der Waals surface area (Å²) in [7, 11) is 3.67. The highest BCUT2D eigenvalue weighted by Gasteiger charge is 2.31. The van der Waals surface area contributed by atoms with E-state index in [9.17, 15) is 4.79 Å². The second kappa shape index (κ2) is 8.36. The fourth-order valence-electron chi connectivity index (χ4n) is 2.52. The lowest BCUT2D eigenvalue weighted by Gasteiger charge is -2.35. The minimum Gasteiger partial charge on any atom is -0.343 e. The molecule has 0 radical (unpaired) electrons. The van der Waals surface area contributed by atoms with Gasteiger partial charge in [-0.1, -0.05) is 11.8 Å². The third-order valence-corrected chi connectivity index (χ3v) is 6.18. The molecule has 0 aliphatic heterocycles. The molecule has 22 heavy (non-hydrogen) atoms. The molecule has 0 aromatic carbocycles. The van der Waals surface area contributed by atoms with Gasteiger partial charge in [0, 0.05) is 32.3 Å². The molecule has 1 aromatic heterocycles. The van der Waals surface area contributed by atoms with Crippen molar-refractivity contribution < 1.29 is 4.79 Å². The minimum absolute atomic E-state index is 0.0258. The van der Waals surface area contributed by atoms with E-state index < -0.39 is 0 Å². The van der Waals surface area contributed by atoms with Gasteiger partial charge < -0.3 is 4.90 Å². The number of carbonyl (C=O) groups is 1. The van der Waals surface area contributed by atoms with Crippen molar-refractivity contribution in [3.8, 4) is 0 Å². The lowest BCUT2D eigenvalue weighted by Crippen LogP contribution is -2.43. The molecule has 1 aliphatic rings. The van der Waals surface area contributed by atoms with Gasteiger partial charge in [0.05, 0.1) is 10.8 Å². The molecule has 6 nitrogen and oxygen atoms in total. The lowest BCUT2D eigenvalue weighted by atomic mass is 9.93. The number of hydrogen-bond acceptors (Lipinski definition) is 5. The zero-order chi connectivity index (χ0) is 16.1. The number of tetrazole rings is 1. The Morgan fingerprint density at radius 1 is 1.41 bits per heavy atom. The zero-order valence-corrected chi connectivity index (χ0v) is 15.1. The Kier molecular flexibility index (Phi) is 6.77. The average Bonchev–Trinajstić information content (AvgIpc) is 2.91. The SMILES string of the molecule is CN(C(=O)CCCSc1nnnn1C)C1CCC(Cl)C(Cl)C1. The lowest BCUT2D eigenvalue weighted by molar-refractivity contribution is -0.132. The number of aryl methyl sites for hydroxylation is 1. The summed E-state index contributed by atoms with van der Waals surface area (Å²) < 4.78 is 1.63. The number of nitrogens with zero attached hydrogens (tertiary/aromatic N) is 5. The fraction of sp³-hybridized carbons (Fsp3) is 0.846. The predicted molar refractivity (Wildman–Crippen MR) is 88.4 cm³/mol. The summed E-state index contributed by atoms with van der Waals surface area (Å²) in [5, 5.41) is 12.0. The molecule has 0 spiro atoms. The zero-order valence-electron chi connectivity index (χ0n) is 12.8. The summed E-state index contributed by atoms with van der Waals surface area (Å²) in [6.07, 6.45) is 3.90. The van der Waals surface area contributed by atoms with Crippen molar-refractivity contribution in [2.24, 2.45) is 7.05 Å². The molecule has 1 saturated carbocycles. The molecule has 1 heterocycles. The number of alkyl halides is 2. The first-order valence-corrected chi connectivity index (χ1v) is 9.24. The van der Waals surface area contributed by atoms with Crippen molar-refractivity contribution in [2.75, 3.05) is 12.8 Å². The third-order valence-electron chi connectivity index (χ3n) is 3.95. The molecule has 1 aliphatic carbocycles. The number of aromatic nitrogens is 4. The maximum absolute atomic E-state index is 12.3. The van der Waals surface area contributed by atoms with E-state index >= 15 is 0 Å². The molecule has 0 bridgehead atoms. The predicted octanol–water partition coefficient (Wildman–Crippen LogP) is 2.31. The second-order valence-electron chi connectivity index (χ2n) is 5.54. The van der Waals surface area contributed by atoms with Gasteiger partial charge in [-0.2, -0.15) is 0 Å². The quantitative estimate of drug-likeness (QED) is 0.439. The highest BCUT2D eigenvalue weighted by molar-refractivity contribution is 7.99. The molecular weight excluding hydrogens is 345 g/mol. The van der Waals surface area contributed by atoms with E-state index in [1.165, 1.54) is 0 Å². The fourth-order valence-corrected chi connectivity index (χ4v) is 3.87. The van der Waals surface area contributed by atoms with Crippen LogP contribution in [0.15, 0.2) is 5.16 Å². The van der Waals surface area contributed by atoms with Crippen molar-refractivity contribution >= 4 is 40.9 Å². The number of carbonyl (C=O) groups excluding carboxylic acids is 1. The van der Waals surface area contributed by atoms with Crippen LogP contribution in [0, 0.1) is 0 Å². The van der Waals surface area contributed by atoms with E-state index in [4.69, 9.17) is 23.2 Å². The first-order valence-electron chi connectivity index (χ1n) is 7.38. The summed E-state index contributed by atoms with van der Waals surface area (Å²) in [6, 6.07) is 0.209. The normalized spacial score (nSPS) is 25.2. The molecule has 1 amide bonds. The highest BCUT2D eigenvalue weighted by atomic mass is 35.5. The van der Waals surface area contributed by atoms with E-state index in [0.29, 0.717) is 6.42 Å². The monoisotopic (exact) mass is 365 g/mol. The number of amides is 1. The number of halogens is 2. The Hall–Kier alpha value is -0.530. The maximum atomic E-state index is 12.3. The van der Waals surface area contributed by atoms with Crippen LogP contribution in [0.1, 0.15) is 32.1 Å². The van der Waals surface area contributed by atoms with Gasteiger partial charge in [0.1, 0.15) is 0 Å². The van der Waals surface area contributed by atoms with Gasteiger partial charge >= 0.3 is 0 Å². The summed E-state index contributed by atoms with van der Waals surface area (Å²) in [4.78, 5) is 14.1. The summed E-state index contributed by atoms with van der Waals surface area (Å²) in [5.74, 6) is 0.985. The van der Waals surface area contributed by atoms with Crippen LogP contribution in [0.3, 0.4) is 0 Å². The Bertz CT molecular complexity index is 501. The first kappa shape index (κ1) is 17.8.